The Hall–Kier alpha value is -2.73. The normalized spacial score (nSPS) is 18.6. The molecule has 1 amide bonds. The van der Waals surface area contributed by atoms with Crippen LogP contribution in [0.1, 0.15) is 35.3 Å². The maximum absolute atomic E-state index is 13.6. The van der Waals surface area contributed by atoms with E-state index < -0.39 is 0 Å². The van der Waals surface area contributed by atoms with E-state index in [9.17, 15) is 4.79 Å². The first-order chi connectivity index (χ1) is 14.1. The van der Waals surface area contributed by atoms with Gasteiger partial charge in [0.15, 0.2) is 5.65 Å². The van der Waals surface area contributed by atoms with Crippen molar-refractivity contribution in [3.8, 4) is 11.3 Å². The van der Waals surface area contributed by atoms with Crippen molar-refractivity contribution in [2.75, 3.05) is 26.2 Å². The Kier molecular flexibility index (Phi) is 4.39. The molecule has 6 heteroatoms. The van der Waals surface area contributed by atoms with Crippen LogP contribution in [0.5, 0.6) is 0 Å². The number of pyridine rings is 1. The van der Waals surface area contributed by atoms with Crippen molar-refractivity contribution in [1.29, 1.82) is 0 Å². The first-order valence-corrected chi connectivity index (χ1v) is 10.5. The van der Waals surface area contributed by atoms with Crippen molar-refractivity contribution in [3.05, 3.63) is 47.7 Å². The number of piperidine rings is 1. The van der Waals surface area contributed by atoms with E-state index >= 15 is 0 Å². The largest absolute Gasteiger partial charge is 0.339 e. The zero-order valence-corrected chi connectivity index (χ0v) is 17.1. The number of likely N-dealkylation sites (tertiary alicyclic amines) is 1. The summed E-state index contributed by atoms with van der Waals surface area (Å²) in [5.41, 5.74) is 4.56. The van der Waals surface area contributed by atoms with Crippen molar-refractivity contribution in [3.63, 3.8) is 0 Å². The van der Waals surface area contributed by atoms with E-state index in [1.807, 2.05) is 55.3 Å². The fraction of sp³-hybridized carbons (Fsp3) is 0.435. The lowest BCUT2D eigenvalue weighted by Crippen LogP contribution is -2.44. The van der Waals surface area contributed by atoms with Gasteiger partial charge in [0.25, 0.3) is 5.91 Å². The summed E-state index contributed by atoms with van der Waals surface area (Å²) in [5, 5.41) is 8.92. The number of amides is 1. The Morgan fingerprint density at radius 2 is 1.90 bits per heavy atom. The van der Waals surface area contributed by atoms with Gasteiger partial charge in [-0.2, -0.15) is 5.10 Å². The fourth-order valence-electron chi connectivity index (χ4n) is 4.95. The Bertz CT molecular complexity index is 1060. The molecule has 0 bridgehead atoms. The summed E-state index contributed by atoms with van der Waals surface area (Å²) >= 11 is 0. The molecule has 0 atom stereocenters. The molecule has 5 rings (SSSR count). The van der Waals surface area contributed by atoms with Gasteiger partial charge in [0.1, 0.15) is 0 Å². The van der Waals surface area contributed by atoms with Crippen molar-refractivity contribution >= 4 is 16.9 Å². The summed E-state index contributed by atoms with van der Waals surface area (Å²) in [4.78, 5) is 20.5. The minimum atomic E-state index is 0.103. The molecule has 150 valence electrons. The zero-order chi connectivity index (χ0) is 20.0. The maximum atomic E-state index is 13.6. The van der Waals surface area contributed by atoms with Gasteiger partial charge in [-0.1, -0.05) is 30.3 Å². The van der Waals surface area contributed by atoms with E-state index in [1.165, 1.54) is 6.42 Å². The standard InChI is InChI=1S/C23H27N5O/c1-16-20-18(22(29)28-12-9-23(10-13-28)8-11-24-15-23)14-19(17-6-4-3-5-7-17)25-21(20)27(2)26-16/h3-7,14,24H,8-13,15H2,1-2H3. The molecular weight excluding hydrogens is 362 g/mol. The second-order valence-electron chi connectivity index (χ2n) is 8.55. The lowest BCUT2D eigenvalue weighted by molar-refractivity contribution is 0.0609. The number of hydrogen-bond acceptors (Lipinski definition) is 4. The van der Waals surface area contributed by atoms with Crippen LogP contribution in [0.25, 0.3) is 22.3 Å². The number of carbonyl (C=O) groups excluding carboxylic acids is 1. The van der Waals surface area contributed by atoms with E-state index in [1.54, 1.807) is 4.68 Å². The maximum Gasteiger partial charge on any atom is 0.254 e. The molecule has 0 aliphatic carbocycles. The van der Waals surface area contributed by atoms with Crippen molar-refractivity contribution < 1.29 is 4.79 Å². The van der Waals surface area contributed by atoms with Gasteiger partial charge >= 0.3 is 0 Å². The average molecular weight is 390 g/mol. The van der Waals surface area contributed by atoms with E-state index in [0.717, 1.165) is 72.6 Å². The molecule has 0 saturated carbocycles. The highest BCUT2D eigenvalue weighted by atomic mass is 16.2. The average Bonchev–Trinajstić information content (AvgIpc) is 3.32. The molecule has 1 spiro atoms. The van der Waals surface area contributed by atoms with E-state index in [4.69, 9.17) is 4.98 Å². The van der Waals surface area contributed by atoms with Crippen LogP contribution in [0.4, 0.5) is 0 Å². The molecule has 2 aromatic heterocycles. The summed E-state index contributed by atoms with van der Waals surface area (Å²) in [6.45, 7) is 5.80. The molecular formula is C23H27N5O. The van der Waals surface area contributed by atoms with Gasteiger partial charge in [-0.3, -0.25) is 9.48 Å². The van der Waals surface area contributed by atoms with Crippen LogP contribution in [-0.4, -0.2) is 51.8 Å². The second-order valence-corrected chi connectivity index (χ2v) is 8.55. The summed E-state index contributed by atoms with van der Waals surface area (Å²) in [7, 11) is 1.89. The predicted molar refractivity (Wildman–Crippen MR) is 114 cm³/mol. The smallest absolute Gasteiger partial charge is 0.254 e. The highest BCUT2D eigenvalue weighted by Crippen LogP contribution is 2.38. The Labute approximate surface area is 170 Å². The number of aromatic nitrogens is 3. The van der Waals surface area contributed by atoms with E-state index in [-0.39, 0.29) is 5.91 Å². The molecule has 1 aromatic carbocycles. The van der Waals surface area contributed by atoms with Crippen molar-refractivity contribution in [1.82, 2.24) is 25.0 Å². The third-order valence-corrected chi connectivity index (χ3v) is 6.71. The third-order valence-electron chi connectivity index (χ3n) is 6.71. The van der Waals surface area contributed by atoms with Crippen LogP contribution < -0.4 is 5.32 Å². The molecule has 2 aliphatic rings. The topological polar surface area (TPSA) is 63.1 Å². The van der Waals surface area contributed by atoms with E-state index in [2.05, 4.69) is 10.4 Å². The zero-order valence-electron chi connectivity index (χ0n) is 17.1. The van der Waals surface area contributed by atoms with Crippen molar-refractivity contribution in [2.45, 2.75) is 26.2 Å². The molecule has 2 saturated heterocycles. The lowest BCUT2D eigenvalue weighted by atomic mass is 9.77. The number of fused-ring (bicyclic) bond motifs is 1. The number of carbonyl (C=O) groups is 1. The molecule has 6 nitrogen and oxygen atoms in total. The quantitative estimate of drug-likeness (QED) is 0.731. The first-order valence-electron chi connectivity index (χ1n) is 10.5. The number of benzene rings is 1. The third kappa shape index (κ3) is 3.12. The monoisotopic (exact) mass is 389 g/mol. The molecule has 3 aromatic rings. The Morgan fingerprint density at radius 3 is 2.59 bits per heavy atom. The molecule has 1 N–H and O–H groups in total. The summed E-state index contributed by atoms with van der Waals surface area (Å²) in [6, 6.07) is 12.0. The van der Waals surface area contributed by atoms with Crippen LogP contribution in [0.3, 0.4) is 0 Å². The number of nitrogens with zero attached hydrogens (tertiary/aromatic N) is 4. The van der Waals surface area contributed by atoms with Crippen LogP contribution in [0.15, 0.2) is 36.4 Å². The van der Waals surface area contributed by atoms with Gasteiger partial charge in [-0.05, 0) is 44.2 Å². The predicted octanol–water partition coefficient (Wildman–Crippen LogP) is 3.16. The highest BCUT2D eigenvalue weighted by Gasteiger charge is 2.38. The molecule has 0 radical (unpaired) electrons. The minimum absolute atomic E-state index is 0.103. The molecule has 4 heterocycles. The summed E-state index contributed by atoms with van der Waals surface area (Å²) in [6.07, 6.45) is 3.39. The minimum Gasteiger partial charge on any atom is -0.339 e. The second kappa shape index (κ2) is 6.95. The molecule has 29 heavy (non-hydrogen) atoms. The molecule has 2 fully saturated rings. The van der Waals surface area contributed by atoms with Gasteiger partial charge in [-0.25, -0.2) is 4.98 Å². The fourth-order valence-corrected chi connectivity index (χ4v) is 4.95. The van der Waals surface area contributed by atoms with Gasteiger partial charge in [0, 0.05) is 32.2 Å². The highest BCUT2D eigenvalue weighted by molar-refractivity contribution is 6.07. The van der Waals surface area contributed by atoms with Crippen LogP contribution in [0, 0.1) is 12.3 Å². The molecule has 2 aliphatic heterocycles. The first kappa shape index (κ1) is 18.3. The SMILES string of the molecule is Cc1nn(C)c2nc(-c3ccccc3)cc(C(=O)N3CCC4(CCNC4)CC3)c12. The van der Waals surface area contributed by atoms with Gasteiger partial charge in [0.2, 0.25) is 0 Å². The Morgan fingerprint density at radius 1 is 1.14 bits per heavy atom. The number of aryl methyl sites for hydroxylation is 2. The summed E-state index contributed by atoms with van der Waals surface area (Å²) in [5.74, 6) is 0.103. The van der Waals surface area contributed by atoms with Crippen LogP contribution in [0.2, 0.25) is 0 Å². The molecule has 0 unspecified atom stereocenters. The number of hydrogen-bond donors (Lipinski definition) is 1. The van der Waals surface area contributed by atoms with Crippen LogP contribution in [-0.2, 0) is 7.05 Å². The van der Waals surface area contributed by atoms with Gasteiger partial charge in [0.05, 0.1) is 22.3 Å². The lowest BCUT2D eigenvalue weighted by Gasteiger charge is -2.39. The Balaban J connectivity index is 1.54. The van der Waals surface area contributed by atoms with E-state index in [0.29, 0.717) is 5.41 Å². The number of rotatable bonds is 2. The van der Waals surface area contributed by atoms with Gasteiger partial charge < -0.3 is 10.2 Å². The van der Waals surface area contributed by atoms with Gasteiger partial charge in [-0.15, -0.1) is 0 Å². The number of nitrogens with one attached hydrogen (secondary N) is 1. The van der Waals surface area contributed by atoms with Crippen molar-refractivity contribution in [2.24, 2.45) is 12.5 Å². The van der Waals surface area contributed by atoms with Crippen LogP contribution >= 0.6 is 0 Å². The summed E-state index contributed by atoms with van der Waals surface area (Å²) < 4.78 is 1.78.